The predicted octanol–water partition coefficient (Wildman–Crippen LogP) is -0.565. The molecule has 1 aromatic carbocycles. The van der Waals surface area contributed by atoms with Gasteiger partial charge in [0, 0.05) is 0 Å². The summed E-state index contributed by atoms with van der Waals surface area (Å²) in [6.45, 7) is 3.63. The molecule has 0 fully saturated rings. The van der Waals surface area contributed by atoms with Crippen LogP contribution in [0.1, 0.15) is 18.1 Å². The van der Waals surface area contributed by atoms with Crippen LogP contribution in [0, 0.1) is 6.92 Å². The van der Waals surface area contributed by atoms with E-state index in [0.29, 0.717) is 0 Å². The van der Waals surface area contributed by atoms with E-state index in [1.807, 2.05) is 31.2 Å². The minimum Gasteiger partial charge on any atom is -0.459 e. The molecule has 0 radical (unpaired) electrons. The highest BCUT2D eigenvalue weighted by molar-refractivity contribution is 5.74. The lowest BCUT2D eigenvalue weighted by Gasteiger charge is -2.21. The van der Waals surface area contributed by atoms with Gasteiger partial charge in [-0.1, -0.05) is 29.8 Å². The van der Waals surface area contributed by atoms with Gasteiger partial charge < -0.3 is 4.74 Å². The lowest BCUT2D eigenvalue weighted by molar-refractivity contribution is -0.166. The maximum absolute atomic E-state index is 11.6. The minimum atomic E-state index is -1.70. The van der Waals surface area contributed by atoms with E-state index in [1.54, 1.807) is 0 Å². The monoisotopic (exact) mass is 268 g/mol. The van der Waals surface area contributed by atoms with Crippen LogP contribution in [0.5, 0.6) is 0 Å². The molecule has 0 saturated carbocycles. The van der Waals surface area contributed by atoms with E-state index < -0.39 is 18.0 Å². The Morgan fingerprint density at radius 2 is 2.11 bits per heavy atom. The van der Waals surface area contributed by atoms with Crippen molar-refractivity contribution in [3.05, 3.63) is 35.4 Å². The van der Waals surface area contributed by atoms with Crippen LogP contribution in [0.25, 0.3) is 0 Å². The molecule has 1 atom stereocenters. The summed E-state index contributed by atoms with van der Waals surface area (Å²) in [5.74, 6) is -2.25. The average molecular weight is 268 g/mol. The van der Waals surface area contributed by atoms with E-state index in [2.05, 4.69) is 5.48 Å². The molecule has 0 unspecified atom stereocenters. The second-order valence-corrected chi connectivity index (χ2v) is 4.39. The second kappa shape index (κ2) is 6.60. The number of ether oxygens (including phenoxy) is 1. The van der Waals surface area contributed by atoms with Gasteiger partial charge in [-0.05, 0) is 19.4 Å². The first-order valence-electron chi connectivity index (χ1n) is 5.79. The molecule has 0 saturated heterocycles. The zero-order valence-corrected chi connectivity index (χ0v) is 11.1. The van der Waals surface area contributed by atoms with E-state index in [9.17, 15) is 4.79 Å². The van der Waals surface area contributed by atoms with Crippen molar-refractivity contribution in [1.29, 1.82) is 0 Å². The van der Waals surface area contributed by atoms with Crippen LogP contribution in [-0.4, -0.2) is 18.0 Å². The van der Waals surface area contributed by atoms with Gasteiger partial charge in [0.05, 0.1) is 0 Å². The van der Waals surface area contributed by atoms with Crippen molar-refractivity contribution >= 4 is 5.97 Å². The maximum Gasteiger partial charge on any atom is 0.337 e. The van der Waals surface area contributed by atoms with Gasteiger partial charge >= 0.3 is 5.97 Å². The topological polar surface area (TPSA) is 126 Å². The number of carbonyl (C=O) groups excluding carboxylic acids is 1. The third-order valence-electron chi connectivity index (χ3n) is 2.21. The van der Waals surface area contributed by atoms with Crippen LogP contribution in [-0.2, 0) is 21.0 Å². The van der Waals surface area contributed by atoms with Crippen LogP contribution in [0.3, 0.4) is 0 Å². The summed E-state index contributed by atoms with van der Waals surface area (Å²) in [5.41, 5.74) is 19.8. The molecule has 1 rings (SSSR count). The smallest absolute Gasteiger partial charge is 0.337 e. The number of esters is 1. The van der Waals surface area contributed by atoms with Crippen molar-refractivity contribution in [3.8, 4) is 0 Å². The van der Waals surface area contributed by atoms with Crippen LogP contribution >= 0.6 is 0 Å². The molecular weight excluding hydrogens is 248 g/mol. The number of hydrogen-bond acceptors (Lipinski definition) is 7. The first-order valence-corrected chi connectivity index (χ1v) is 5.79. The van der Waals surface area contributed by atoms with Gasteiger partial charge in [-0.2, -0.15) is 5.48 Å². The fraction of sp³-hybridized carbons (Fsp3) is 0.417. The van der Waals surface area contributed by atoms with Crippen LogP contribution < -0.4 is 22.7 Å². The van der Waals surface area contributed by atoms with E-state index >= 15 is 0 Å². The van der Waals surface area contributed by atoms with Crippen molar-refractivity contribution in [2.75, 3.05) is 0 Å². The lowest BCUT2D eigenvalue weighted by atomic mass is 10.1. The summed E-state index contributed by atoms with van der Waals surface area (Å²) in [5, 5.41) is 0. The summed E-state index contributed by atoms with van der Waals surface area (Å²) in [4.78, 5) is 16.5. The first-order chi connectivity index (χ1) is 8.78. The number of rotatable bonds is 6. The quantitative estimate of drug-likeness (QED) is 0.309. The van der Waals surface area contributed by atoms with Gasteiger partial charge in [0.15, 0.2) is 12.0 Å². The van der Waals surface area contributed by atoms with Crippen LogP contribution in [0.4, 0.5) is 0 Å². The van der Waals surface area contributed by atoms with E-state index in [0.717, 1.165) is 11.1 Å². The molecule has 0 aromatic heterocycles. The molecule has 19 heavy (non-hydrogen) atoms. The number of nitrogens with one attached hydrogen (secondary N) is 1. The third-order valence-corrected chi connectivity index (χ3v) is 2.21. The second-order valence-electron chi connectivity index (χ2n) is 4.39. The number of carbonyl (C=O) groups is 1. The Morgan fingerprint density at radius 3 is 2.68 bits per heavy atom. The van der Waals surface area contributed by atoms with Crippen molar-refractivity contribution in [3.63, 3.8) is 0 Å². The molecular formula is C12H20N4O3. The SMILES string of the molecule is Cc1cccc(COC(=O)[C@H](C)ONC(N)(N)N)c1. The fourth-order valence-corrected chi connectivity index (χ4v) is 1.31. The average Bonchev–Trinajstić information content (AvgIpc) is 2.32. The molecule has 0 amide bonds. The fourth-order valence-electron chi connectivity index (χ4n) is 1.31. The molecule has 0 aliphatic carbocycles. The number of benzene rings is 1. The number of hydroxylamine groups is 1. The van der Waals surface area contributed by atoms with Crippen LogP contribution in [0.2, 0.25) is 0 Å². The zero-order chi connectivity index (χ0) is 14.5. The normalized spacial score (nSPS) is 13.1. The predicted molar refractivity (Wildman–Crippen MR) is 70.0 cm³/mol. The van der Waals surface area contributed by atoms with Gasteiger partial charge in [-0.15, -0.1) is 0 Å². The lowest BCUT2D eigenvalue weighted by Crippen LogP contribution is -2.68. The first kappa shape index (κ1) is 15.5. The largest absolute Gasteiger partial charge is 0.459 e. The van der Waals surface area contributed by atoms with E-state index in [4.69, 9.17) is 26.8 Å². The van der Waals surface area contributed by atoms with Gasteiger partial charge in [-0.3, -0.25) is 22.0 Å². The summed E-state index contributed by atoms with van der Waals surface area (Å²) in [6, 6.07) is 7.66. The molecule has 7 N–H and O–H groups in total. The van der Waals surface area contributed by atoms with E-state index in [-0.39, 0.29) is 6.61 Å². The van der Waals surface area contributed by atoms with Crippen molar-refractivity contribution in [2.24, 2.45) is 17.2 Å². The Kier molecular flexibility index (Phi) is 5.40. The van der Waals surface area contributed by atoms with Gasteiger partial charge in [0.2, 0.25) is 0 Å². The molecule has 0 aliphatic heterocycles. The molecule has 0 aliphatic rings. The molecule has 0 heterocycles. The minimum absolute atomic E-state index is 0.174. The highest BCUT2D eigenvalue weighted by atomic mass is 16.7. The zero-order valence-electron chi connectivity index (χ0n) is 11.1. The van der Waals surface area contributed by atoms with Crippen LogP contribution in [0.15, 0.2) is 24.3 Å². The summed E-state index contributed by atoms with van der Waals surface area (Å²) in [7, 11) is 0. The number of nitrogens with two attached hydrogens (primary N) is 3. The molecule has 1 aromatic rings. The summed E-state index contributed by atoms with van der Waals surface area (Å²) < 4.78 is 5.08. The highest BCUT2D eigenvalue weighted by Crippen LogP contribution is 2.06. The maximum atomic E-state index is 11.6. The Hall–Kier alpha value is -1.51. The van der Waals surface area contributed by atoms with Gasteiger partial charge in [0.1, 0.15) is 6.61 Å². The summed E-state index contributed by atoms with van der Waals surface area (Å²) in [6.07, 6.45) is -0.875. The molecule has 7 nitrogen and oxygen atoms in total. The van der Waals surface area contributed by atoms with Crippen molar-refractivity contribution < 1.29 is 14.4 Å². The Morgan fingerprint density at radius 1 is 1.42 bits per heavy atom. The van der Waals surface area contributed by atoms with E-state index in [1.165, 1.54) is 6.92 Å². The van der Waals surface area contributed by atoms with Crippen molar-refractivity contribution in [2.45, 2.75) is 32.5 Å². The molecule has 7 heteroatoms. The number of aryl methyl sites for hydroxylation is 1. The Labute approximate surface area is 112 Å². The van der Waals surface area contributed by atoms with Crippen molar-refractivity contribution in [1.82, 2.24) is 5.48 Å². The highest BCUT2D eigenvalue weighted by Gasteiger charge is 2.19. The number of hydrogen-bond donors (Lipinski definition) is 4. The standard InChI is InChI=1S/C12H20N4O3/c1-8-4-3-5-10(6-8)7-18-11(17)9(2)19-16-12(13,14)15/h3-6,9,16H,7,13-15H2,1-2H3/t9-/m0/s1. The Bertz CT molecular complexity index is 431. The molecule has 0 bridgehead atoms. The van der Waals surface area contributed by atoms with Gasteiger partial charge in [0.25, 0.3) is 0 Å². The third kappa shape index (κ3) is 6.27. The Balaban J connectivity index is 2.38. The summed E-state index contributed by atoms with van der Waals surface area (Å²) >= 11 is 0. The molecule has 106 valence electrons. The van der Waals surface area contributed by atoms with Gasteiger partial charge in [-0.25, -0.2) is 4.79 Å². The molecule has 0 spiro atoms.